The van der Waals surface area contributed by atoms with E-state index in [1.54, 1.807) is 0 Å². The summed E-state index contributed by atoms with van der Waals surface area (Å²) in [7, 11) is 0. The Hall–Kier alpha value is -3.55. The number of hydrogen-bond acceptors (Lipinski definition) is 5. The Balaban J connectivity index is 2.10. The predicted molar refractivity (Wildman–Crippen MR) is 82.4 cm³/mol. The van der Waals surface area contributed by atoms with Crippen molar-refractivity contribution in [3.05, 3.63) is 63.7 Å². The topological polar surface area (TPSA) is 118 Å². The predicted octanol–water partition coefficient (Wildman–Crippen LogP) is 2.08. The highest BCUT2D eigenvalue weighted by Crippen LogP contribution is 2.35. The number of anilines is 2. The summed E-state index contributed by atoms with van der Waals surface area (Å²) >= 11 is 0. The van der Waals surface area contributed by atoms with Gasteiger partial charge in [-0.3, -0.25) is 24.6 Å². The summed E-state index contributed by atoms with van der Waals surface area (Å²) in [6.45, 7) is 0. The van der Waals surface area contributed by atoms with Crippen LogP contribution in [-0.4, -0.2) is 27.7 Å². The summed E-state index contributed by atoms with van der Waals surface area (Å²) < 4.78 is 0. The molecule has 0 atom stereocenters. The minimum Gasteiger partial charge on any atom is -0.478 e. The van der Waals surface area contributed by atoms with Gasteiger partial charge in [0.05, 0.1) is 16.2 Å². The maximum Gasteiger partial charge on any atom is 0.335 e. The number of amides is 1. The van der Waals surface area contributed by atoms with Crippen LogP contribution < -0.4 is 4.90 Å². The number of non-ortho nitro benzene ring substituents is 1. The second-order valence-corrected chi connectivity index (χ2v) is 5.16. The van der Waals surface area contributed by atoms with Crippen LogP contribution in [0.4, 0.5) is 17.1 Å². The largest absolute Gasteiger partial charge is 0.478 e. The van der Waals surface area contributed by atoms with Gasteiger partial charge < -0.3 is 5.11 Å². The van der Waals surface area contributed by atoms with Crippen LogP contribution in [0.5, 0.6) is 0 Å². The van der Waals surface area contributed by atoms with Gasteiger partial charge in [0.25, 0.3) is 11.6 Å². The second kappa shape index (κ2) is 5.58. The van der Waals surface area contributed by atoms with Crippen molar-refractivity contribution < 1.29 is 24.4 Å². The first-order valence-electron chi connectivity index (χ1n) is 6.86. The monoisotopic (exact) mass is 326 g/mol. The molecule has 0 aromatic heterocycles. The van der Waals surface area contributed by atoms with Crippen molar-refractivity contribution in [3.63, 3.8) is 0 Å². The van der Waals surface area contributed by atoms with Gasteiger partial charge in [0, 0.05) is 24.2 Å². The molecule has 0 fully saturated rings. The molecule has 2 aromatic carbocycles. The molecule has 0 saturated heterocycles. The van der Waals surface area contributed by atoms with Crippen LogP contribution in [-0.2, 0) is 16.0 Å². The lowest BCUT2D eigenvalue weighted by molar-refractivity contribution is -0.384. The van der Waals surface area contributed by atoms with E-state index in [9.17, 15) is 24.5 Å². The number of rotatable bonds is 3. The summed E-state index contributed by atoms with van der Waals surface area (Å²) in [6, 6.07) is 9.36. The number of nitro benzene ring substituents is 1. The third-order valence-corrected chi connectivity index (χ3v) is 3.68. The molecule has 0 aliphatic carbocycles. The van der Waals surface area contributed by atoms with Gasteiger partial charge in [-0.1, -0.05) is 0 Å². The number of nitrogens with zero attached hydrogens (tertiary/aromatic N) is 2. The van der Waals surface area contributed by atoms with Crippen molar-refractivity contribution in [2.75, 3.05) is 4.90 Å². The number of hydrogen-bond donors (Lipinski definition) is 1. The molecule has 3 rings (SSSR count). The first kappa shape index (κ1) is 15.3. The number of carbonyl (C=O) groups excluding carboxylic acids is 2. The zero-order valence-corrected chi connectivity index (χ0v) is 12.1. The van der Waals surface area contributed by atoms with Crippen molar-refractivity contribution in [2.45, 2.75) is 6.42 Å². The van der Waals surface area contributed by atoms with Gasteiger partial charge in [0.1, 0.15) is 0 Å². The maximum absolute atomic E-state index is 12.3. The first-order valence-corrected chi connectivity index (χ1v) is 6.86. The summed E-state index contributed by atoms with van der Waals surface area (Å²) in [5, 5.41) is 19.8. The average molecular weight is 326 g/mol. The Bertz CT molecular complexity index is 888. The smallest absolute Gasteiger partial charge is 0.335 e. The number of fused-ring (bicyclic) bond motifs is 1. The van der Waals surface area contributed by atoms with Gasteiger partial charge in [0.15, 0.2) is 0 Å². The number of Topliss-reactive ketones (excluding diaryl/α,β-unsaturated/α-hetero) is 1. The fourth-order valence-corrected chi connectivity index (χ4v) is 2.54. The van der Waals surface area contributed by atoms with Crippen molar-refractivity contribution in [3.8, 4) is 0 Å². The first-order chi connectivity index (χ1) is 11.4. The number of benzene rings is 2. The van der Waals surface area contributed by atoms with Gasteiger partial charge in [-0.2, -0.15) is 0 Å². The number of carboxylic acid groups (broad SMARTS) is 1. The van der Waals surface area contributed by atoms with Crippen LogP contribution in [0.15, 0.2) is 42.5 Å². The van der Waals surface area contributed by atoms with Gasteiger partial charge in [0.2, 0.25) is 5.78 Å². The molecule has 0 radical (unpaired) electrons. The third-order valence-electron chi connectivity index (χ3n) is 3.68. The van der Waals surface area contributed by atoms with Gasteiger partial charge in [-0.15, -0.1) is 0 Å². The molecule has 1 amide bonds. The highest BCUT2D eigenvalue weighted by Gasteiger charge is 2.33. The zero-order valence-electron chi connectivity index (χ0n) is 12.1. The highest BCUT2D eigenvalue weighted by molar-refractivity contribution is 6.45. The molecule has 1 heterocycles. The summed E-state index contributed by atoms with van der Waals surface area (Å²) in [4.78, 5) is 46.5. The molecule has 8 heteroatoms. The van der Waals surface area contributed by atoms with E-state index in [1.807, 2.05) is 0 Å². The van der Waals surface area contributed by atoms with Gasteiger partial charge >= 0.3 is 5.97 Å². The lowest BCUT2D eigenvalue weighted by atomic mass is 9.98. The van der Waals surface area contributed by atoms with E-state index in [4.69, 9.17) is 5.11 Å². The third kappa shape index (κ3) is 2.50. The Morgan fingerprint density at radius 1 is 1.12 bits per heavy atom. The molecular formula is C16H10N2O6. The van der Waals surface area contributed by atoms with E-state index in [0.29, 0.717) is 16.9 Å². The maximum atomic E-state index is 12.3. The minimum atomic E-state index is -1.11. The van der Waals surface area contributed by atoms with E-state index in [1.165, 1.54) is 42.5 Å². The van der Waals surface area contributed by atoms with Gasteiger partial charge in [-0.05, 0) is 35.9 Å². The molecule has 0 spiro atoms. The van der Waals surface area contributed by atoms with Crippen LogP contribution in [0.3, 0.4) is 0 Å². The molecule has 0 unspecified atom stereocenters. The molecule has 120 valence electrons. The Morgan fingerprint density at radius 3 is 2.38 bits per heavy atom. The number of nitro groups is 1. The lowest BCUT2D eigenvalue weighted by Gasteiger charge is -2.28. The standard InChI is InChI=1S/C16H10N2O6/c19-14-8-10-7-12(18(23)24)5-6-13(10)17(15(14)20)11-3-1-9(2-4-11)16(21)22/h1-7H,8H2,(H,21,22). The second-order valence-electron chi connectivity index (χ2n) is 5.16. The number of carboxylic acids is 1. The zero-order chi connectivity index (χ0) is 17.4. The molecule has 8 nitrogen and oxygen atoms in total. The van der Waals surface area contributed by atoms with Crippen LogP contribution in [0.1, 0.15) is 15.9 Å². The minimum absolute atomic E-state index is 0.0402. The van der Waals surface area contributed by atoms with Crippen molar-refractivity contribution in [1.29, 1.82) is 0 Å². The summed E-state index contributed by atoms with van der Waals surface area (Å²) in [5.41, 5.74) is 0.924. The molecule has 0 saturated carbocycles. The fraction of sp³-hybridized carbons (Fsp3) is 0.0625. The molecule has 24 heavy (non-hydrogen) atoms. The van der Waals surface area contributed by atoms with Crippen LogP contribution in [0.2, 0.25) is 0 Å². The SMILES string of the molecule is O=C1Cc2cc([N+](=O)[O-])ccc2N(c2ccc(C(=O)O)cc2)C1=O. The molecule has 0 bridgehead atoms. The lowest BCUT2D eigenvalue weighted by Crippen LogP contribution is -2.38. The molecule has 1 N–H and O–H groups in total. The van der Waals surface area contributed by atoms with E-state index < -0.39 is 22.6 Å². The van der Waals surface area contributed by atoms with Crippen molar-refractivity contribution >= 4 is 34.7 Å². The summed E-state index contributed by atoms with van der Waals surface area (Å²) in [5.74, 6) is -2.57. The van der Waals surface area contributed by atoms with E-state index in [2.05, 4.69) is 0 Å². The van der Waals surface area contributed by atoms with E-state index >= 15 is 0 Å². The van der Waals surface area contributed by atoms with E-state index in [-0.39, 0.29) is 17.7 Å². The molecule has 1 aliphatic heterocycles. The number of ketones is 1. The number of carbonyl (C=O) groups is 3. The highest BCUT2D eigenvalue weighted by atomic mass is 16.6. The van der Waals surface area contributed by atoms with Crippen molar-refractivity contribution in [1.82, 2.24) is 0 Å². The molecule has 2 aromatic rings. The van der Waals surface area contributed by atoms with Crippen LogP contribution in [0, 0.1) is 10.1 Å². The quantitative estimate of drug-likeness (QED) is 0.524. The Labute approximate surface area is 135 Å². The Morgan fingerprint density at radius 2 is 1.79 bits per heavy atom. The molecular weight excluding hydrogens is 316 g/mol. The Kier molecular flexibility index (Phi) is 3.57. The van der Waals surface area contributed by atoms with Crippen molar-refractivity contribution in [2.24, 2.45) is 0 Å². The van der Waals surface area contributed by atoms with E-state index in [0.717, 1.165) is 4.90 Å². The molecule has 1 aliphatic rings. The average Bonchev–Trinajstić information content (AvgIpc) is 2.55. The summed E-state index contributed by atoms with van der Waals surface area (Å²) in [6.07, 6.45) is -0.209. The number of aromatic carboxylic acids is 1. The van der Waals surface area contributed by atoms with Gasteiger partial charge in [-0.25, -0.2) is 4.79 Å². The normalized spacial score (nSPS) is 13.6. The van der Waals surface area contributed by atoms with Crippen LogP contribution in [0.25, 0.3) is 0 Å². The van der Waals surface area contributed by atoms with Crippen LogP contribution >= 0.6 is 0 Å². The fourth-order valence-electron chi connectivity index (χ4n) is 2.54.